The van der Waals surface area contributed by atoms with Crippen molar-refractivity contribution in [3.05, 3.63) is 78.9 Å². The molecule has 0 saturated carbocycles. The normalized spacial score (nSPS) is 10.2. The second-order valence-electron chi connectivity index (χ2n) is 4.41. The maximum absolute atomic E-state index is 12.4. The smallest absolute Gasteiger partial charge is 0.228 e. The van der Waals surface area contributed by atoms with E-state index < -0.39 is 0 Å². The minimum atomic E-state index is -0.0949. The zero-order chi connectivity index (χ0) is 13.8. The van der Waals surface area contributed by atoms with Crippen molar-refractivity contribution in [3.63, 3.8) is 0 Å². The van der Waals surface area contributed by atoms with Gasteiger partial charge in [0.2, 0.25) is 5.75 Å². The summed E-state index contributed by atoms with van der Waals surface area (Å²) in [6.07, 6.45) is 0. The monoisotopic (exact) mass is 261 g/mol. The van der Waals surface area contributed by atoms with Crippen LogP contribution < -0.4 is 4.74 Å². The maximum atomic E-state index is 12.4. The molecule has 0 N–H and O–H groups in total. The molecule has 0 aromatic heterocycles. The van der Waals surface area contributed by atoms with Crippen LogP contribution in [0.5, 0.6) is 17.2 Å². The van der Waals surface area contributed by atoms with Gasteiger partial charge < -0.3 is 4.74 Å². The zero-order valence-electron chi connectivity index (χ0n) is 10.8. The fourth-order valence-corrected chi connectivity index (χ4v) is 2.06. The molecule has 0 heterocycles. The summed E-state index contributed by atoms with van der Waals surface area (Å²) in [6.45, 7) is 0. The molecule has 0 fully saturated rings. The van der Waals surface area contributed by atoms with E-state index >= 15 is 0 Å². The summed E-state index contributed by atoms with van der Waals surface area (Å²) in [7, 11) is 0. The van der Waals surface area contributed by atoms with Crippen molar-refractivity contribution >= 4 is 0 Å². The molecule has 0 atom stereocenters. The van der Waals surface area contributed by atoms with Gasteiger partial charge in [0.05, 0.1) is 0 Å². The molecule has 0 amide bonds. The van der Waals surface area contributed by atoms with E-state index in [2.05, 4.69) is 0 Å². The summed E-state index contributed by atoms with van der Waals surface area (Å²) in [5, 5.41) is 12.4. The molecule has 0 unspecified atom stereocenters. The lowest BCUT2D eigenvalue weighted by atomic mass is 10.0. The van der Waals surface area contributed by atoms with Crippen molar-refractivity contribution in [2.24, 2.45) is 0 Å². The summed E-state index contributed by atoms with van der Waals surface area (Å²) in [4.78, 5) is 0. The molecule has 3 aromatic carbocycles. The van der Waals surface area contributed by atoms with Gasteiger partial charge in [-0.3, -0.25) is 5.11 Å². The average Bonchev–Trinajstić information content (AvgIpc) is 2.51. The van der Waals surface area contributed by atoms with Crippen LogP contribution in [0.15, 0.2) is 78.9 Å². The van der Waals surface area contributed by atoms with Crippen molar-refractivity contribution in [1.82, 2.24) is 0 Å². The van der Waals surface area contributed by atoms with E-state index in [-0.39, 0.29) is 5.75 Å². The Morgan fingerprint density at radius 3 is 2.00 bits per heavy atom. The fraction of sp³-hybridized carbons (Fsp3) is 0. The van der Waals surface area contributed by atoms with E-state index in [1.54, 1.807) is 6.07 Å². The van der Waals surface area contributed by atoms with Crippen LogP contribution in [0.2, 0.25) is 0 Å². The quantitative estimate of drug-likeness (QED) is 0.629. The van der Waals surface area contributed by atoms with Gasteiger partial charge in [-0.2, -0.15) is 0 Å². The summed E-state index contributed by atoms with van der Waals surface area (Å²) >= 11 is 0. The summed E-state index contributed by atoms with van der Waals surface area (Å²) in [5.74, 6) is 0.912. The molecular weight excluding hydrogens is 248 g/mol. The largest absolute Gasteiger partial charge is 0.453 e. The van der Waals surface area contributed by atoms with Crippen molar-refractivity contribution in [2.45, 2.75) is 0 Å². The molecule has 0 aliphatic rings. The van der Waals surface area contributed by atoms with Gasteiger partial charge in [0.1, 0.15) is 5.75 Å². The van der Waals surface area contributed by atoms with Crippen molar-refractivity contribution in [3.8, 4) is 28.4 Å². The Morgan fingerprint density at radius 2 is 1.30 bits per heavy atom. The fourth-order valence-electron chi connectivity index (χ4n) is 2.06. The average molecular weight is 261 g/mol. The first kappa shape index (κ1) is 12.3. The Morgan fingerprint density at radius 1 is 0.650 bits per heavy atom. The van der Waals surface area contributed by atoms with Gasteiger partial charge in [-0.05, 0) is 23.8 Å². The summed E-state index contributed by atoms with van der Waals surface area (Å²) in [6, 6.07) is 24.3. The highest BCUT2D eigenvalue weighted by atomic mass is 16.5. The molecule has 0 aliphatic carbocycles. The minimum Gasteiger partial charge on any atom is -0.453 e. The van der Waals surface area contributed by atoms with Crippen molar-refractivity contribution in [2.75, 3.05) is 0 Å². The second kappa shape index (κ2) is 5.49. The highest BCUT2D eigenvalue weighted by Gasteiger charge is 2.12. The number of hydrogen-bond acceptors (Lipinski definition) is 1. The number of hydrogen-bond donors (Lipinski definition) is 0. The van der Waals surface area contributed by atoms with Crippen LogP contribution in [0.25, 0.3) is 11.1 Å². The Hall–Kier alpha value is -2.74. The van der Waals surface area contributed by atoms with Crippen LogP contribution in [0.3, 0.4) is 0 Å². The lowest BCUT2D eigenvalue weighted by Gasteiger charge is -2.09. The third kappa shape index (κ3) is 2.50. The van der Waals surface area contributed by atoms with Gasteiger partial charge in [-0.1, -0.05) is 60.7 Å². The Balaban J connectivity index is 1.98. The number of ether oxygens (including phenoxy) is 1. The molecule has 20 heavy (non-hydrogen) atoms. The number of rotatable bonds is 3. The number of para-hydroxylation sites is 2. The Kier molecular flexibility index (Phi) is 3.38. The number of benzene rings is 3. The molecule has 0 saturated heterocycles. The predicted octanol–water partition coefficient (Wildman–Crippen LogP) is 5.29. The van der Waals surface area contributed by atoms with Crippen LogP contribution in [-0.4, -0.2) is 0 Å². The molecule has 2 nitrogen and oxygen atoms in total. The standard InChI is InChI=1S/C18H13O2/c19-18-16(14-8-3-1-4-9-14)12-7-13-17(18)20-15-10-5-2-6-11-15/h1-13H. The Bertz CT molecular complexity index is 691. The van der Waals surface area contributed by atoms with Crippen molar-refractivity contribution in [1.29, 1.82) is 0 Å². The lowest BCUT2D eigenvalue weighted by Crippen LogP contribution is -1.86. The minimum absolute atomic E-state index is 0.0949. The molecule has 0 spiro atoms. The maximum Gasteiger partial charge on any atom is 0.228 e. The van der Waals surface area contributed by atoms with Crippen LogP contribution in [-0.2, 0) is 5.11 Å². The third-order valence-electron chi connectivity index (χ3n) is 3.03. The van der Waals surface area contributed by atoms with Gasteiger partial charge in [-0.15, -0.1) is 0 Å². The SMILES string of the molecule is [O]c1c(Oc2ccccc2)cccc1-c1ccccc1. The van der Waals surface area contributed by atoms with Gasteiger partial charge >= 0.3 is 0 Å². The first-order chi connectivity index (χ1) is 9.84. The van der Waals surface area contributed by atoms with Gasteiger partial charge in [0.25, 0.3) is 0 Å². The van der Waals surface area contributed by atoms with Crippen LogP contribution in [0, 0.1) is 0 Å². The van der Waals surface area contributed by atoms with Crippen molar-refractivity contribution < 1.29 is 9.84 Å². The highest BCUT2D eigenvalue weighted by molar-refractivity contribution is 5.73. The van der Waals surface area contributed by atoms with E-state index in [9.17, 15) is 5.11 Å². The Labute approximate surface area is 117 Å². The molecule has 2 heteroatoms. The molecule has 97 valence electrons. The lowest BCUT2D eigenvalue weighted by molar-refractivity contribution is 0.331. The predicted molar refractivity (Wildman–Crippen MR) is 78.5 cm³/mol. The van der Waals surface area contributed by atoms with E-state index in [0.29, 0.717) is 17.1 Å². The zero-order valence-corrected chi connectivity index (χ0v) is 10.8. The third-order valence-corrected chi connectivity index (χ3v) is 3.03. The first-order valence-corrected chi connectivity index (χ1v) is 6.43. The summed E-state index contributed by atoms with van der Waals surface area (Å²) in [5.41, 5.74) is 1.55. The van der Waals surface area contributed by atoms with E-state index in [1.807, 2.05) is 72.8 Å². The topological polar surface area (TPSA) is 29.1 Å². The molecule has 1 radical (unpaired) electrons. The summed E-state index contributed by atoms with van der Waals surface area (Å²) < 4.78 is 5.66. The molecule has 0 bridgehead atoms. The molecule has 3 aromatic rings. The van der Waals surface area contributed by atoms with E-state index in [0.717, 1.165) is 5.56 Å². The van der Waals surface area contributed by atoms with E-state index in [4.69, 9.17) is 4.74 Å². The van der Waals surface area contributed by atoms with Crippen LogP contribution in [0.4, 0.5) is 0 Å². The van der Waals surface area contributed by atoms with Gasteiger partial charge in [0.15, 0.2) is 5.75 Å². The van der Waals surface area contributed by atoms with Gasteiger partial charge in [-0.25, -0.2) is 0 Å². The van der Waals surface area contributed by atoms with E-state index in [1.165, 1.54) is 0 Å². The van der Waals surface area contributed by atoms with Crippen LogP contribution >= 0.6 is 0 Å². The highest BCUT2D eigenvalue weighted by Crippen LogP contribution is 2.39. The second-order valence-corrected chi connectivity index (χ2v) is 4.41. The molecular formula is C18H13O2. The first-order valence-electron chi connectivity index (χ1n) is 6.43. The molecule has 0 aliphatic heterocycles. The molecule has 3 rings (SSSR count). The van der Waals surface area contributed by atoms with Gasteiger partial charge in [0, 0.05) is 5.56 Å². The van der Waals surface area contributed by atoms with Crippen LogP contribution in [0.1, 0.15) is 0 Å².